The Hall–Kier alpha value is -1.42. The second kappa shape index (κ2) is 27.5. The van der Waals surface area contributed by atoms with Gasteiger partial charge in [-0.05, 0) is 99.2 Å². The molecule has 2 unspecified atom stereocenters. The van der Waals surface area contributed by atoms with Crippen molar-refractivity contribution in [3.8, 4) is 0 Å². The molecule has 0 amide bonds. The summed E-state index contributed by atoms with van der Waals surface area (Å²) in [7, 11) is 0. The van der Waals surface area contributed by atoms with E-state index in [1.165, 1.54) is 13.8 Å². The number of rotatable bonds is 20. The molecule has 0 radical (unpaired) electrons. The van der Waals surface area contributed by atoms with Gasteiger partial charge in [-0.15, -0.1) is 0 Å². The van der Waals surface area contributed by atoms with Crippen molar-refractivity contribution >= 4 is 0 Å². The Kier molecular flexibility index (Phi) is 22.2. The van der Waals surface area contributed by atoms with Crippen molar-refractivity contribution < 1.29 is 144 Å². The molecule has 0 aromatic heterocycles. The Bertz CT molecular complexity index is 2400. The van der Waals surface area contributed by atoms with Crippen LogP contribution in [0.15, 0.2) is 11.6 Å². The van der Waals surface area contributed by atoms with Gasteiger partial charge in [0.1, 0.15) is 122 Å². The van der Waals surface area contributed by atoms with Gasteiger partial charge in [0, 0.05) is 10.8 Å². The highest BCUT2D eigenvalue weighted by Crippen LogP contribution is 2.78. The molecular weight excluding hydrogens is 1200 g/mol. The molecular formula is C61H104O29. The maximum Gasteiger partial charge on any atom is 0.187 e. The highest BCUT2D eigenvalue weighted by atomic mass is 16.8. The van der Waals surface area contributed by atoms with Crippen LogP contribution in [0.25, 0.3) is 0 Å². The van der Waals surface area contributed by atoms with E-state index in [1.807, 2.05) is 13.8 Å². The second-order valence-corrected chi connectivity index (χ2v) is 29.3. The van der Waals surface area contributed by atoms with Crippen LogP contribution in [0.1, 0.15) is 114 Å². The Morgan fingerprint density at radius 2 is 0.956 bits per heavy atom. The zero-order valence-electron chi connectivity index (χ0n) is 52.7. The Labute approximate surface area is 523 Å². The first-order valence-electron chi connectivity index (χ1n) is 31.9. The lowest BCUT2D eigenvalue weighted by molar-refractivity contribution is -0.380. The van der Waals surface area contributed by atoms with Gasteiger partial charge in [-0.25, -0.2) is 0 Å². The van der Waals surface area contributed by atoms with Crippen LogP contribution in [0.3, 0.4) is 0 Å². The summed E-state index contributed by atoms with van der Waals surface area (Å²) in [4.78, 5) is 0. The number of aliphatic hydroxyl groups is 19. The van der Waals surface area contributed by atoms with Crippen molar-refractivity contribution in [1.82, 2.24) is 0 Å². The Morgan fingerprint density at radius 1 is 0.511 bits per heavy atom. The maximum atomic E-state index is 13.0. The van der Waals surface area contributed by atoms with Gasteiger partial charge >= 0.3 is 0 Å². The molecule has 5 aliphatic heterocycles. The quantitative estimate of drug-likeness (QED) is 0.0508. The van der Waals surface area contributed by atoms with Crippen LogP contribution in [0.4, 0.5) is 0 Å². The molecule has 5 heterocycles. The molecule has 5 saturated heterocycles. The summed E-state index contributed by atoms with van der Waals surface area (Å²) >= 11 is 0. The standard InChI is InChI=1S/C61H104O29/c1-24(10-13-35(57(4,5)80)88-55-50(90-53-48(79)43(74)38(69)28(21-64)84-53)45(76)40(71)30(86-55)23-81-51-46(77)41(72)36(67)26(19-62)82-51)25-14-16-58(6)32-12-11-31-56(2,3)34(15-17-59(31,7)61(32,9)33(66)18-60(25,58)8)87-54-49(44(75)39(70)29(22-65)85-54)89-52-47(78)42(73)37(68)27(20-63)83-52/h11,24-30,32-55,62-80H,10,12-23H2,1-9H3/t24-,25+,26+,27-,28+,29+,30+,32?,33+,34-,35?,36+,37-,38+,39+,40+,41-,42+,43-,44-,45-,46+,47-,48+,49+,50+,51+,52+,53-,54-,55-,58-,59+,60+,61-/m0/s1. The highest BCUT2D eigenvalue weighted by molar-refractivity contribution is 5.36. The zero-order chi connectivity index (χ0) is 66.4. The molecule has 29 heteroatoms. The lowest BCUT2D eigenvalue weighted by Crippen LogP contribution is -2.68. The van der Waals surface area contributed by atoms with Crippen LogP contribution in [-0.4, -0.2) is 308 Å². The lowest BCUT2D eigenvalue weighted by atomic mass is 9.34. The van der Waals surface area contributed by atoms with Gasteiger partial charge < -0.3 is 144 Å². The van der Waals surface area contributed by atoms with Crippen molar-refractivity contribution in [3.63, 3.8) is 0 Å². The molecule has 4 aliphatic carbocycles. The molecule has 90 heavy (non-hydrogen) atoms. The van der Waals surface area contributed by atoms with E-state index in [0.717, 1.165) is 18.4 Å². The van der Waals surface area contributed by atoms with Gasteiger partial charge in [0.05, 0.1) is 56.9 Å². The molecule has 0 aromatic rings. The smallest absolute Gasteiger partial charge is 0.187 e. The first-order chi connectivity index (χ1) is 42.0. The Morgan fingerprint density at radius 3 is 1.46 bits per heavy atom. The summed E-state index contributed by atoms with van der Waals surface area (Å²) in [5.74, 6) is -0.0316. The molecule has 522 valence electrons. The van der Waals surface area contributed by atoms with Gasteiger partial charge in [0.25, 0.3) is 0 Å². The summed E-state index contributed by atoms with van der Waals surface area (Å²) in [6.07, 6.45) is -38.3. The monoisotopic (exact) mass is 1300 g/mol. The van der Waals surface area contributed by atoms with Crippen molar-refractivity contribution in [2.45, 2.75) is 291 Å². The van der Waals surface area contributed by atoms with Gasteiger partial charge in [0.15, 0.2) is 31.5 Å². The lowest BCUT2D eigenvalue weighted by Gasteiger charge is -2.71. The molecule has 9 aliphatic rings. The third-order valence-corrected chi connectivity index (χ3v) is 23.6. The largest absolute Gasteiger partial charge is 0.394 e. The number of aliphatic hydroxyl groups excluding tert-OH is 18. The van der Waals surface area contributed by atoms with Crippen molar-refractivity contribution in [1.29, 1.82) is 0 Å². The van der Waals surface area contributed by atoms with Crippen LogP contribution in [-0.2, 0) is 47.4 Å². The fourth-order valence-corrected chi connectivity index (χ4v) is 17.6. The second-order valence-electron chi connectivity index (χ2n) is 29.3. The summed E-state index contributed by atoms with van der Waals surface area (Å²) in [6, 6.07) is 0. The molecule has 3 saturated carbocycles. The van der Waals surface area contributed by atoms with Gasteiger partial charge in [-0.1, -0.05) is 60.1 Å². The normalized spacial score (nSPS) is 52.2. The molecule has 0 bridgehead atoms. The topological polar surface area (TPSA) is 477 Å². The summed E-state index contributed by atoms with van der Waals surface area (Å²) in [6.45, 7) is 14.5. The number of hydrogen-bond donors (Lipinski definition) is 19. The van der Waals surface area contributed by atoms with E-state index in [0.29, 0.717) is 32.1 Å². The summed E-state index contributed by atoms with van der Waals surface area (Å²) < 4.78 is 60.2. The van der Waals surface area contributed by atoms with Crippen LogP contribution in [0.5, 0.6) is 0 Å². The molecule has 9 rings (SSSR count). The first-order valence-corrected chi connectivity index (χ1v) is 31.9. The predicted octanol–water partition coefficient (Wildman–Crippen LogP) is -5.02. The van der Waals surface area contributed by atoms with Gasteiger partial charge in [-0.2, -0.15) is 0 Å². The SMILES string of the molecule is C[C@@H](CCC(O[C@@H]1O[C@H](CO[C@@H]2O[C@H](CO)[C@@H](O)[C@H](O)[C@H]2O)[C@@H](O)[C@H](O)[C@H]1O[C@@H]1O[C@H](CO)[C@@H](O)[C@H](O)[C@H]1O)C(C)(C)O)[C@H]1CC[C@@]2(C)C3CC=C4C(C)(C)[C@@H](O[C@@H]5O[C@H](CO)[C@@H](O)[C@H](O)[C@H]5O[C@H]5O[C@@H](CO)[C@H](O)[C@@H](O)[C@@H]5O)CC[C@@]4(C)[C@]3(C)[C@H](O)C[C@]12C. The highest BCUT2D eigenvalue weighted by Gasteiger charge is 2.73. The maximum absolute atomic E-state index is 13.0. The number of allylic oxidation sites excluding steroid dienone is 1. The fraction of sp³-hybridized carbons (Fsp3) is 0.967. The molecule has 8 fully saturated rings. The number of fused-ring (bicyclic) bond motifs is 5. The number of ether oxygens (including phenoxy) is 10. The van der Waals surface area contributed by atoms with E-state index in [2.05, 4.69) is 40.7 Å². The van der Waals surface area contributed by atoms with Crippen LogP contribution < -0.4 is 0 Å². The fourth-order valence-electron chi connectivity index (χ4n) is 17.6. The minimum absolute atomic E-state index is 0.0196. The zero-order valence-corrected chi connectivity index (χ0v) is 52.7. The van der Waals surface area contributed by atoms with E-state index in [-0.39, 0.29) is 29.6 Å². The van der Waals surface area contributed by atoms with Crippen LogP contribution in [0.2, 0.25) is 0 Å². The van der Waals surface area contributed by atoms with E-state index in [1.54, 1.807) is 0 Å². The van der Waals surface area contributed by atoms with E-state index >= 15 is 0 Å². The third kappa shape index (κ3) is 12.6. The number of hydrogen-bond acceptors (Lipinski definition) is 29. The average Bonchev–Trinajstić information content (AvgIpc) is 1.18. The van der Waals surface area contributed by atoms with E-state index < -0.39 is 232 Å². The molecule has 35 atom stereocenters. The van der Waals surface area contributed by atoms with E-state index in [4.69, 9.17) is 47.4 Å². The minimum Gasteiger partial charge on any atom is -0.394 e. The van der Waals surface area contributed by atoms with Gasteiger partial charge in [0.2, 0.25) is 0 Å². The van der Waals surface area contributed by atoms with E-state index in [9.17, 15) is 97.0 Å². The summed E-state index contributed by atoms with van der Waals surface area (Å²) in [5.41, 5.74) is -3.36. The Balaban J connectivity index is 0.920. The molecule has 29 nitrogen and oxygen atoms in total. The minimum atomic E-state index is -1.96. The average molecular weight is 1300 g/mol. The first kappa shape index (κ1) is 72.8. The third-order valence-electron chi connectivity index (χ3n) is 23.6. The molecule has 0 spiro atoms. The van der Waals surface area contributed by atoms with Crippen molar-refractivity contribution in [3.05, 3.63) is 11.6 Å². The van der Waals surface area contributed by atoms with Crippen molar-refractivity contribution in [2.75, 3.05) is 33.0 Å². The summed E-state index contributed by atoms with van der Waals surface area (Å²) in [5, 5.41) is 206. The van der Waals surface area contributed by atoms with Crippen LogP contribution >= 0.6 is 0 Å². The van der Waals surface area contributed by atoms with Crippen molar-refractivity contribution in [2.24, 2.45) is 44.8 Å². The molecule has 0 aromatic carbocycles. The molecule has 19 N–H and O–H groups in total. The predicted molar refractivity (Wildman–Crippen MR) is 305 cm³/mol. The van der Waals surface area contributed by atoms with Crippen LogP contribution in [0, 0.1) is 44.8 Å². The van der Waals surface area contributed by atoms with Gasteiger partial charge in [-0.3, -0.25) is 0 Å².